The van der Waals surface area contributed by atoms with Gasteiger partial charge in [-0.3, -0.25) is 14.6 Å². The Balaban J connectivity index is 1.59. The molecule has 1 aromatic heterocycles. The maximum absolute atomic E-state index is 12.9. The van der Waals surface area contributed by atoms with Crippen molar-refractivity contribution >= 4 is 24.0 Å². The van der Waals surface area contributed by atoms with Gasteiger partial charge in [-0.2, -0.15) is 0 Å². The fourth-order valence-electron chi connectivity index (χ4n) is 3.40. The van der Waals surface area contributed by atoms with E-state index in [9.17, 15) is 9.59 Å². The van der Waals surface area contributed by atoms with Gasteiger partial charge in [0.05, 0.1) is 0 Å². The summed E-state index contributed by atoms with van der Waals surface area (Å²) >= 11 is 0. The predicted octanol–water partition coefficient (Wildman–Crippen LogP) is 3.13. The second kappa shape index (κ2) is 8.90. The van der Waals surface area contributed by atoms with Crippen molar-refractivity contribution in [2.75, 3.05) is 13.1 Å². The number of nitrogens with two attached hydrogens (primary N) is 1. The van der Waals surface area contributed by atoms with Gasteiger partial charge in [-0.15, -0.1) is 0 Å². The molecule has 0 unspecified atom stereocenters. The highest BCUT2D eigenvalue weighted by Gasteiger charge is 2.36. The number of likely N-dealkylation sites (tertiary alicyclic amines) is 1. The quantitative estimate of drug-likeness (QED) is 0.817. The topological polar surface area (TPSA) is 85.5 Å². The standard InChI is InChI=1S/C23H27N3O3/c1-23(2,22(28)26-15-11-19(12-16-26)21(24)27)29-20-7-5-17(6-8-20)3-4-18-9-13-25-14-10-18/h3-10,13-14,19H,11-12,15-16H2,1-2H3,(H2,24,27)/b4-3+. The van der Waals surface area contributed by atoms with Crippen LogP contribution >= 0.6 is 0 Å². The van der Waals surface area contributed by atoms with Gasteiger partial charge in [0.25, 0.3) is 5.91 Å². The Morgan fingerprint density at radius 3 is 2.14 bits per heavy atom. The van der Waals surface area contributed by atoms with E-state index in [1.807, 2.05) is 48.6 Å². The number of hydrogen-bond donors (Lipinski definition) is 1. The van der Waals surface area contributed by atoms with Crippen LogP contribution in [0.25, 0.3) is 12.2 Å². The van der Waals surface area contributed by atoms with Gasteiger partial charge in [-0.05, 0) is 62.1 Å². The molecular weight excluding hydrogens is 366 g/mol. The van der Waals surface area contributed by atoms with Crippen LogP contribution in [0.5, 0.6) is 5.75 Å². The number of primary amides is 1. The summed E-state index contributed by atoms with van der Waals surface area (Å²) in [6, 6.07) is 11.5. The normalized spacial score (nSPS) is 15.4. The van der Waals surface area contributed by atoms with E-state index in [1.54, 1.807) is 31.1 Å². The number of aromatic nitrogens is 1. The summed E-state index contributed by atoms with van der Waals surface area (Å²) in [5.74, 6) is 0.125. The minimum Gasteiger partial charge on any atom is -0.478 e. The zero-order valence-electron chi connectivity index (χ0n) is 16.9. The molecular formula is C23H27N3O3. The monoisotopic (exact) mass is 393 g/mol. The number of rotatable bonds is 6. The molecule has 1 fully saturated rings. The lowest BCUT2D eigenvalue weighted by Gasteiger charge is -2.36. The average Bonchev–Trinajstić information content (AvgIpc) is 2.73. The number of benzene rings is 1. The molecule has 0 atom stereocenters. The summed E-state index contributed by atoms with van der Waals surface area (Å²) in [6.07, 6.45) is 8.75. The minimum atomic E-state index is -0.992. The van der Waals surface area contributed by atoms with Crippen molar-refractivity contribution < 1.29 is 14.3 Å². The number of pyridine rings is 1. The van der Waals surface area contributed by atoms with E-state index >= 15 is 0 Å². The average molecular weight is 393 g/mol. The van der Waals surface area contributed by atoms with Gasteiger partial charge in [0.1, 0.15) is 5.75 Å². The lowest BCUT2D eigenvalue weighted by Crippen LogP contribution is -2.52. The third-order valence-corrected chi connectivity index (χ3v) is 5.13. The minimum absolute atomic E-state index is 0.0814. The molecule has 2 heterocycles. The van der Waals surface area contributed by atoms with Gasteiger partial charge >= 0.3 is 0 Å². The van der Waals surface area contributed by atoms with E-state index < -0.39 is 5.60 Å². The molecule has 1 saturated heterocycles. The Morgan fingerprint density at radius 2 is 1.59 bits per heavy atom. The van der Waals surface area contributed by atoms with Crippen LogP contribution < -0.4 is 10.5 Å². The van der Waals surface area contributed by atoms with Crippen molar-refractivity contribution in [1.82, 2.24) is 9.88 Å². The number of piperidine rings is 1. The molecule has 0 spiro atoms. The van der Waals surface area contributed by atoms with E-state index in [0.717, 1.165) is 11.1 Å². The molecule has 2 N–H and O–H groups in total. The van der Waals surface area contributed by atoms with Crippen LogP contribution in [-0.2, 0) is 9.59 Å². The van der Waals surface area contributed by atoms with Crippen LogP contribution in [0.1, 0.15) is 37.8 Å². The number of nitrogens with zero attached hydrogens (tertiary/aromatic N) is 2. The van der Waals surface area contributed by atoms with E-state index in [4.69, 9.17) is 10.5 Å². The molecule has 1 aliphatic heterocycles. The molecule has 2 aromatic rings. The van der Waals surface area contributed by atoms with Crippen LogP contribution in [0.4, 0.5) is 0 Å². The zero-order chi connectivity index (χ0) is 20.9. The fraction of sp³-hybridized carbons (Fsp3) is 0.348. The van der Waals surface area contributed by atoms with Crippen molar-refractivity contribution in [2.24, 2.45) is 11.7 Å². The highest BCUT2D eigenvalue weighted by atomic mass is 16.5. The van der Waals surface area contributed by atoms with Crippen LogP contribution in [0, 0.1) is 5.92 Å². The zero-order valence-corrected chi connectivity index (χ0v) is 16.9. The first kappa shape index (κ1) is 20.6. The van der Waals surface area contributed by atoms with Gasteiger partial charge in [0.2, 0.25) is 5.91 Å². The second-order valence-corrected chi connectivity index (χ2v) is 7.76. The van der Waals surface area contributed by atoms with E-state index in [0.29, 0.717) is 31.7 Å². The van der Waals surface area contributed by atoms with Gasteiger partial charge in [0, 0.05) is 31.4 Å². The summed E-state index contributed by atoms with van der Waals surface area (Å²) in [4.78, 5) is 30.0. The number of carbonyl (C=O) groups excluding carboxylic acids is 2. The van der Waals surface area contributed by atoms with Crippen LogP contribution in [-0.4, -0.2) is 40.4 Å². The molecule has 3 rings (SSSR count). The molecule has 6 nitrogen and oxygen atoms in total. The Labute approximate surface area is 171 Å². The molecule has 2 amide bonds. The predicted molar refractivity (Wildman–Crippen MR) is 113 cm³/mol. The molecule has 152 valence electrons. The van der Waals surface area contributed by atoms with Gasteiger partial charge in [-0.1, -0.05) is 24.3 Å². The highest BCUT2D eigenvalue weighted by Crippen LogP contribution is 2.24. The van der Waals surface area contributed by atoms with Crippen molar-refractivity contribution in [3.8, 4) is 5.75 Å². The van der Waals surface area contributed by atoms with Gasteiger partial charge in [-0.25, -0.2) is 0 Å². The van der Waals surface area contributed by atoms with Crippen molar-refractivity contribution in [1.29, 1.82) is 0 Å². The van der Waals surface area contributed by atoms with Gasteiger partial charge in [0.15, 0.2) is 5.60 Å². The highest BCUT2D eigenvalue weighted by molar-refractivity contribution is 5.85. The molecule has 0 aliphatic carbocycles. The van der Waals surface area contributed by atoms with E-state index in [2.05, 4.69) is 4.98 Å². The molecule has 1 aromatic carbocycles. The summed E-state index contributed by atoms with van der Waals surface area (Å²) in [7, 11) is 0. The molecule has 6 heteroatoms. The Kier molecular flexibility index (Phi) is 6.32. The second-order valence-electron chi connectivity index (χ2n) is 7.76. The Morgan fingerprint density at radius 1 is 1.03 bits per heavy atom. The SMILES string of the molecule is CC(C)(Oc1ccc(/C=C/c2ccncc2)cc1)C(=O)N1CCC(C(N)=O)CC1. The molecule has 29 heavy (non-hydrogen) atoms. The maximum Gasteiger partial charge on any atom is 0.266 e. The van der Waals surface area contributed by atoms with Crippen LogP contribution in [0.3, 0.4) is 0 Å². The van der Waals surface area contributed by atoms with Gasteiger partial charge < -0.3 is 15.4 Å². The maximum atomic E-state index is 12.9. The summed E-state index contributed by atoms with van der Waals surface area (Å²) in [5.41, 5.74) is 6.49. The lowest BCUT2D eigenvalue weighted by atomic mass is 9.95. The molecule has 0 radical (unpaired) electrons. The largest absolute Gasteiger partial charge is 0.478 e. The fourth-order valence-corrected chi connectivity index (χ4v) is 3.40. The van der Waals surface area contributed by atoms with Crippen molar-refractivity contribution in [3.05, 3.63) is 59.9 Å². The first-order valence-corrected chi connectivity index (χ1v) is 9.81. The van der Waals surface area contributed by atoms with E-state index in [1.165, 1.54) is 0 Å². The molecule has 1 aliphatic rings. The third-order valence-electron chi connectivity index (χ3n) is 5.13. The number of carbonyl (C=O) groups is 2. The van der Waals surface area contributed by atoms with Crippen LogP contribution in [0.2, 0.25) is 0 Å². The number of amides is 2. The third kappa shape index (κ3) is 5.44. The van der Waals surface area contributed by atoms with Crippen molar-refractivity contribution in [3.63, 3.8) is 0 Å². The van der Waals surface area contributed by atoms with Crippen molar-refractivity contribution in [2.45, 2.75) is 32.3 Å². The Bertz CT molecular complexity index is 868. The first-order valence-electron chi connectivity index (χ1n) is 9.81. The lowest BCUT2D eigenvalue weighted by molar-refractivity contribution is -0.147. The number of hydrogen-bond acceptors (Lipinski definition) is 4. The molecule has 0 saturated carbocycles. The number of ether oxygens (including phenoxy) is 1. The van der Waals surface area contributed by atoms with Crippen LogP contribution in [0.15, 0.2) is 48.8 Å². The summed E-state index contributed by atoms with van der Waals surface area (Å²) in [6.45, 7) is 4.59. The summed E-state index contributed by atoms with van der Waals surface area (Å²) < 4.78 is 5.99. The first-order chi connectivity index (χ1) is 13.8. The smallest absolute Gasteiger partial charge is 0.266 e. The summed E-state index contributed by atoms with van der Waals surface area (Å²) in [5, 5.41) is 0. The van der Waals surface area contributed by atoms with E-state index in [-0.39, 0.29) is 17.7 Å². The molecule has 0 bridgehead atoms. The Hall–Kier alpha value is -3.15.